The quantitative estimate of drug-likeness (QED) is 0.230. The number of carbonyl (C=O) groups is 2. The minimum absolute atomic E-state index is 0.0548. The van der Waals surface area contributed by atoms with E-state index in [2.05, 4.69) is 32.2 Å². The first kappa shape index (κ1) is 40.1. The fourth-order valence-corrected chi connectivity index (χ4v) is 11.3. The summed E-state index contributed by atoms with van der Waals surface area (Å²) in [6, 6.07) is 12.6. The molecule has 3 aromatic rings. The summed E-state index contributed by atoms with van der Waals surface area (Å²) >= 11 is 2.96. The van der Waals surface area contributed by atoms with Gasteiger partial charge in [-0.1, -0.05) is 100 Å². The van der Waals surface area contributed by atoms with Crippen molar-refractivity contribution in [3.8, 4) is 5.75 Å². The number of benzene rings is 2. The van der Waals surface area contributed by atoms with E-state index in [0.717, 1.165) is 58.7 Å². The average molecular weight is 788 g/mol. The normalized spacial score (nSPS) is 22.5. The van der Waals surface area contributed by atoms with Crippen molar-refractivity contribution < 1.29 is 19.1 Å². The number of piperazine rings is 1. The number of nitrogens with one attached hydrogen (secondary N) is 1. The first-order valence-corrected chi connectivity index (χ1v) is 22.7. The first-order chi connectivity index (χ1) is 26.9. The molecule has 2 amide bonds. The van der Waals surface area contributed by atoms with Crippen molar-refractivity contribution in [2.75, 3.05) is 69.8 Å². The molecule has 55 heavy (non-hydrogen) atoms. The summed E-state index contributed by atoms with van der Waals surface area (Å²) in [6.45, 7) is 8.52. The maximum Gasteiger partial charge on any atom is 0.257 e. The van der Waals surface area contributed by atoms with E-state index in [1.54, 1.807) is 13.3 Å². The summed E-state index contributed by atoms with van der Waals surface area (Å²) in [4.78, 5) is 39.1. The second kappa shape index (κ2) is 19.8. The third-order valence-corrected chi connectivity index (χ3v) is 14.7. The standard InChI is InChI=1S/C44H61N5O4S2/c1-32-29-39(52-2)38(43(51)49-25-27-53-28-26-49)30-40(32)54-41-31-45-44(55-41)46-42(50)35-17-19-37(20-18-35)48-23-21-47(22-24-48)36-15-9-8-13-34(14-10-16-36)33-11-6-4-3-5-7-12-33/h17-20,29-31,33-34,36H,3-16,21-28H2,1-2H3,(H,45,46,50). The number of hydrogen-bond donors (Lipinski definition) is 1. The van der Waals surface area contributed by atoms with Crippen LogP contribution < -0.4 is 15.0 Å². The van der Waals surface area contributed by atoms with Crippen molar-refractivity contribution in [3.05, 3.63) is 59.3 Å². The van der Waals surface area contributed by atoms with Gasteiger partial charge in [0, 0.05) is 61.5 Å². The lowest BCUT2D eigenvalue weighted by Gasteiger charge is -2.40. The zero-order valence-corrected chi connectivity index (χ0v) is 34.7. The van der Waals surface area contributed by atoms with Gasteiger partial charge in [-0.15, -0.1) is 0 Å². The van der Waals surface area contributed by atoms with Gasteiger partial charge in [-0.25, -0.2) is 4.98 Å². The molecule has 2 aromatic carbocycles. The predicted octanol–water partition coefficient (Wildman–Crippen LogP) is 9.55. The lowest BCUT2D eigenvalue weighted by Crippen LogP contribution is -2.50. The summed E-state index contributed by atoms with van der Waals surface area (Å²) in [5.74, 6) is 2.31. The number of methoxy groups -OCH3 is 1. The van der Waals surface area contributed by atoms with E-state index < -0.39 is 0 Å². The fraction of sp³-hybridized carbons (Fsp3) is 0.614. The van der Waals surface area contributed by atoms with E-state index >= 15 is 0 Å². The molecular weight excluding hydrogens is 727 g/mol. The van der Waals surface area contributed by atoms with Crippen molar-refractivity contribution in [1.82, 2.24) is 14.8 Å². The van der Waals surface area contributed by atoms with Crippen LogP contribution in [0.25, 0.3) is 0 Å². The monoisotopic (exact) mass is 787 g/mol. The van der Waals surface area contributed by atoms with E-state index in [1.807, 2.05) is 36.1 Å². The Morgan fingerprint density at radius 3 is 2.16 bits per heavy atom. The second-order valence-electron chi connectivity index (χ2n) is 16.1. The number of carbonyl (C=O) groups excluding carboxylic acids is 2. The molecule has 4 fully saturated rings. The van der Waals surface area contributed by atoms with Crippen LogP contribution in [-0.2, 0) is 4.74 Å². The number of morpholine rings is 1. The molecule has 298 valence electrons. The predicted molar refractivity (Wildman–Crippen MR) is 224 cm³/mol. The Balaban J connectivity index is 0.884. The molecule has 3 heterocycles. The molecular formula is C44H61N5O4S2. The number of amides is 2. The molecule has 2 saturated heterocycles. The molecule has 1 N–H and O–H groups in total. The van der Waals surface area contributed by atoms with Crippen molar-refractivity contribution in [2.45, 2.75) is 112 Å². The molecule has 2 aliphatic carbocycles. The zero-order chi connectivity index (χ0) is 38.0. The molecule has 2 saturated carbocycles. The molecule has 4 aliphatic rings. The third-order valence-electron chi connectivity index (χ3n) is 12.6. The number of aromatic nitrogens is 1. The van der Waals surface area contributed by atoms with Crippen molar-refractivity contribution in [2.24, 2.45) is 11.8 Å². The van der Waals surface area contributed by atoms with Gasteiger partial charge in [0.25, 0.3) is 11.8 Å². The maximum absolute atomic E-state index is 13.3. The number of aryl methyl sites for hydroxylation is 1. The van der Waals surface area contributed by atoms with Crippen LogP contribution in [0.3, 0.4) is 0 Å². The first-order valence-electron chi connectivity index (χ1n) is 21.0. The van der Waals surface area contributed by atoms with E-state index in [4.69, 9.17) is 9.47 Å². The molecule has 1 aromatic heterocycles. The SMILES string of the molecule is COc1cc(C)c(Sc2cnc(NC(=O)c3ccc(N4CCN(C5CCCCC(C6CCCCCCC6)CCC5)CC4)cc3)s2)cc1C(=O)N1CCOCC1. The van der Waals surface area contributed by atoms with Crippen molar-refractivity contribution >= 4 is 45.7 Å². The maximum atomic E-state index is 13.3. The Kier molecular flexibility index (Phi) is 14.5. The van der Waals surface area contributed by atoms with Crippen molar-refractivity contribution in [1.29, 1.82) is 0 Å². The number of anilines is 2. The zero-order valence-electron chi connectivity index (χ0n) is 33.1. The van der Waals surface area contributed by atoms with Gasteiger partial charge < -0.3 is 19.3 Å². The second-order valence-corrected chi connectivity index (χ2v) is 18.4. The number of nitrogens with zero attached hydrogens (tertiary/aromatic N) is 4. The van der Waals surface area contributed by atoms with E-state index in [9.17, 15) is 9.59 Å². The highest BCUT2D eigenvalue weighted by atomic mass is 32.2. The van der Waals surface area contributed by atoms with E-state index in [1.165, 1.54) is 119 Å². The summed E-state index contributed by atoms with van der Waals surface area (Å²) in [5, 5.41) is 3.54. The molecule has 11 heteroatoms. The van der Waals surface area contributed by atoms with Crippen LogP contribution in [0.5, 0.6) is 5.75 Å². The smallest absolute Gasteiger partial charge is 0.257 e. The molecule has 7 rings (SSSR count). The summed E-state index contributed by atoms with van der Waals surface area (Å²) in [6.07, 6.45) is 21.9. The van der Waals surface area contributed by atoms with Gasteiger partial charge in [-0.3, -0.25) is 19.8 Å². The van der Waals surface area contributed by atoms with Crippen LogP contribution in [0.15, 0.2) is 51.7 Å². The van der Waals surface area contributed by atoms with Crippen LogP contribution in [0.1, 0.15) is 116 Å². The number of thiazole rings is 1. The number of ether oxygens (including phenoxy) is 2. The van der Waals surface area contributed by atoms with Crippen molar-refractivity contribution in [3.63, 3.8) is 0 Å². The molecule has 2 atom stereocenters. The molecule has 0 spiro atoms. The van der Waals surface area contributed by atoms with E-state index in [0.29, 0.717) is 48.3 Å². The Morgan fingerprint density at radius 2 is 1.45 bits per heavy atom. The molecule has 0 bridgehead atoms. The number of hydrogen-bond acceptors (Lipinski definition) is 9. The van der Waals surface area contributed by atoms with Crippen LogP contribution in [0.4, 0.5) is 10.8 Å². The Labute approximate surface area is 336 Å². The van der Waals surface area contributed by atoms with Gasteiger partial charge in [-0.2, -0.15) is 0 Å². The van der Waals surface area contributed by atoms with Gasteiger partial charge in [0.15, 0.2) is 5.13 Å². The summed E-state index contributed by atoms with van der Waals surface area (Å²) < 4.78 is 11.9. The summed E-state index contributed by atoms with van der Waals surface area (Å²) in [5.41, 5.74) is 3.35. The molecule has 2 aliphatic heterocycles. The fourth-order valence-electron chi connectivity index (χ4n) is 9.34. The molecule has 9 nitrogen and oxygen atoms in total. The van der Waals surface area contributed by atoms with Gasteiger partial charge in [0.1, 0.15) is 5.75 Å². The van der Waals surface area contributed by atoms with Crippen LogP contribution in [-0.4, -0.2) is 92.2 Å². The molecule has 0 radical (unpaired) electrons. The highest BCUT2D eigenvalue weighted by Crippen LogP contribution is 2.39. The largest absolute Gasteiger partial charge is 0.496 e. The lowest BCUT2D eigenvalue weighted by atomic mass is 9.77. The minimum atomic E-state index is -0.168. The Bertz CT molecular complexity index is 1690. The highest BCUT2D eigenvalue weighted by molar-refractivity contribution is 8.01. The Hall–Kier alpha value is -3.12. The number of rotatable bonds is 9. The van der Waals surface area contributed by atoms with Crippen LogP contribution >= 0.6 is 23.1 Å². The third kappa shape index (κ3) is 10.6. The topological polar surface area (TPSA) is 87.2 Å². The van der Waals surface area contributed by atoms with Crippen LogP contribution in [0, 0.1) is 18.8 Å². The highest BCUT2D eigenvalue weighted by Gasteiger charge is 2.28. The minimum Gasteiger partial charge on any atom is -0.496 e. The van der Waals surface area contributed by atoms with Gasteiger partial charge >= 0.3 is 0 Å². The summed E-state index contributed by atoms with van der Waals surface area (Å²) in [7, 11) is 1.59. The van der Waals surface area contributed by atoms with Crippen LogP contribution in [0.2, 0.25) is 0 Å². The van der Waals surface area contributed by atoms with Gasteiger partial charge in [-0.05, 0) is 73.6 Å². The van der Waals surface area contributed by atoms with Gasteiger partial charge in [0.2, 0.25) is 0 Å². The van der Waals surface area contributed by atoms with E-state index in [-0.39, 0.29) is 11.8 Å². The molecule has 2 unspecified atom stereocenters. The van der Waals surface area contributed by atoms with Gasteiger partial charge in [0.05, 0.1) is 36.3 Å². The average Bonchev–Trinajstić information content (AvgIpc) is 3.69. The Morgan fingerprint density at radius 1 is 0.818 bits per heavy atom. The lowest BCUT2D eigenvalue weighted by molar-refractivity contribution is 0.0300.